The number of aldehydes is 1. The van der Waals surface area contributed by atoms with E-state index in [-0.39, 0.29) is 0 Å². The van der Waals surface area contributed by atoms with Crippen molar-refractivity contribution in [3.05, 3.63) is 71.3 Å². The summed E-state index contributed by atoms with van der Waals surface area (Å²) in [4.78, 5) is 13.2. The summed E-state index contributed by atoms with van der Waals surface area (Å²) in [5.74, 6) is 1.91. The molecular weight excluding hydrogens is 406 g/mol. The maximum atomic E-state index is 10.9. The van der Waals surface area contributed by atoms with Crippen LogP contribution >= 0.6 is 0 Å². The molecule has 0 spiro atoms. The summed E-state index contributed by atoms with van der Waals surface area (Å²) in [6.07, 6.45) is 1.84. The second kappa shape index (κ2) is 10.4. The van der Waals surface area contributed by atoms with Crippen molar-refractivity contribution < 1.29 is 19.0 Å². The summed E-state index contributed by atoms with van der Waals surface area (Å²) in [5, 5.41) is 0. The monoisotopic (exact) mass is 435 g/mol. The molecule has 0 saturated carbocycles. The Hall–Kier alpha value is -3.87. The van der Waals surface area contributed by atoms with Gasteiger partial charge in [-0.05, 0) is 60.0 Å². The minimum absolute atomic E-state index is 0.598. The number of rotatable bonds is 6. The van der Waals surface area contributed by atoms with Gasteiger partial charge in [0.05, 0.1) is 32.7 Å². The van der Waals surface area contributed by atoms with Crippen LogP contribution in [-0.2, 0) is 13.0 Å². The molecule has 4 rings (SSSR count). The van der Waals surface area contributed by atoms with Gasteiger partial charge in [-0.3, -0.25) is 4.79 Å². The molecule has 0 unspecified atom stereocenters. The molecule has 0 radical (unpaired) electrons. The highest BCUT2D eigenvalue weighted by Gasteiger charge is 2.21. The first-order valence-electron chi connectivity index (χ1n) is 10.2. The molecule has 0 bridgehead atoms. The van der Waals surface area contributed by atoms with E-state index in [1.54, 1.807) is 33.5 Å². The average molecular weight is 436 g/mol. The van der Waals surface area contributed by atoms with Crippen LogP contribution in [0, 0.1) is 0 Å². The lowest BCUT2D eigenvalue weighted by molar-refractivity contribution is 0.112. The van der Waals surface area contributed by atoms with E-state index in [2.05, 4.69) is 4.90 Å². The summed E-state index contributed by atoms with van der Waals surface area (Å²) in [7, 11) is 4.84. The Balaban J connectivity index is 0.000000305. The number of hydrogen-bond acceptors (Lipinski definition) is 7. The van der Waals surface area contributed by atoms with E-state index in [1.165, 1.54) is 11.3 Å². The van der Waals surface area contributed by atoms with E-state index in [4.69, 9.17) is 25.7 Å². The smallest absolute Gasteiger partial charge is 0.203 e. The van der Waals surface area contributed by atoms with E-state index in [0.717, 1.165) is 36.9 Å². The van der Waals surface area contributed by atoms with E-state index >= 15 is 0 Å². The Morgan fingerprint density at radius 3 is 2.03 bits per heavy atom. The van der Waals surface area contributed by atoms with Crippen molar-refractivity contribution in [2.75, 3.05) is 44.2 Å². The van der Waals surface area contributed by atoms with Crippen molar-refractivity contribution in [2.45, 2.75) is 13.0 Å². The molecule has 0 saturated heterocycles. The fraction of sp³-hybridized carbons (Fsp3) is 0.240. The fourth-order valence-corrected chi connectivity index (χ4v) is 3.69. The van der Waals surface area contributed by atoms with Crippen LogP contribution in [0.2, 0.25) is 0 Å². The zero-order valence-corrected chi connectivity index (χ0v) is 18.6. The van der Waals surface area contributed by atoms with Gasteiger partial charge in [0.15, 0.2) is 11.5 Å². The van der Waals surface area contributed by atoms with Crippen molar-refractivity contribution in [3.63, 3.8) is 0 Å². The maximum Gasteiger partial charge on any atom is 0.203 e. The number of hydrogen-bond donors (Lipinski definition) is 2. The highest BCUT2D eigenvalue weighted by molar-refractivity contribution is 5.77. The first-order valence-corrected chi connectivity index (χ1v) is 10.2. The van der Waals surface area contributed by atoms with Crippen LogP contribution in [0.4, 0.5) is 17.1 Å². The molecule has 1 aliphatic heterocycles. The molecule has 7 nitrogen and oxygen atoms in total. The van der Waals surface area contributed by atoms with Gasteiger partial charge in [-0.1, -0.05) is 12.1 Å². The second-order valence-corrected chi connectivity index (χ2v) is 7.34. The highest BCUT2D eigenvalue weighted by atomic mass is 16.5. The average Bonchev–Trinajstić information content (AvgIpc) is 3.22. The largest absolute Gasteiger partial charge is 0.493 e. The minimum Gasteiger partial charge on any atom is -0.493 e. The Kier molecular flexibility index (Phi) is 7.44. The number of benzene rings is 3. The van der Waals surface area contributed by atoms with E-state index in [1.807, 2.05) is 42.5 Å². The van der Waals surface area contributed by atoms with Gasteiger partial charge in [-0.25, -0.2) is 0 Å². The number of para-hydroxylation sites is 2. The van der Waals surface area contributed by atoms with Crippen molar-refractivity contribution >= 4 is 23.3 Å². The summed E-state index contributed by atoms with van der Waals surface area (Å²) in [6.45, 7) is 1.67. The predicted octanol–water partition coefficient (Wildman–Crippen LogP) is 3.94. The fourth-order valence-electron chi connectivity index (χ4n) is 3.69. The Morgan fingerprint density at radius 1 is 0.906 bits per heavy atom. The van der Waals surface area contributed by atoms with Crippen molar-refractivity contribution in [2.24, 2.45) is 0 Å². The molecule has 0 aromatic heterocycles. The topological polar surface area (TPSA) is 100 Å². The molecular formula is C25H29N3O4. The third kappa shape index (κ3) is 5.06. The van der Waals surface area contributed by atoms with Gasteiger partial charge >= 0.3 is 0 Å². The molecule has 1 heterocycles. The number of nitrogens with two attached hydrogens (primary N) is 2. The molecule has 32 heavy (non-hydrogen) atoms. The number of nitrogen functional groups attached to an aromatic ring is 2. The second-order valence-electron chi connectivity index (χ2n) is 7.34. The Labute approximate surface area is 188 Å². The van der Waals surface area contributed by atoms with Gasteiger partial charge in [0.1, 0.15) is 6.29 Å². The molecule has 168 valence electrons. The number of carbonyl (C=O) groups is 1. The van der Waals surface area contributed by atoms with E-state index in [9.17, 15) is 4.79 Å². The van der Waals surface area contributed by atoms with Crippen molar-refractivity contribution in [1.29, 1.82) is 0 Å². The van der Waals surface area contributed by atoms with Gasteiger partial charge in [0.2, 0.25) is 5.75 Å². The molecule has 4 N–H and O–H groups in total. The molecule has 3 aromatic carbocycles. The van der Waals surface area contributed by atoms with Gasteiger partial charge < -0.3 is 30.6 Å². The van der Waals surface area contributed by atoms with Gasteiger partial charge in [0.25, 0.3) is 0 Å². The molecule has 0 atom stereocenters. The lowest BCUT2D eigenvalue weighted by atomic mass is 10.1. The number of fused-ring (bicyclic) bond motifs is 1. The Morgan fingerprint density at radius 2 is 1.53 bits per heavy atom. The van der Waals surface area contributed by atoms with Crippen LogP contribution in [0.3, 0.4) is 0 Å². The molecule has 0 aliphatic carbocycles. The number of ether oxygens (including phenoxy) is 3. The molecule has 1 aliphatic rings. The van der Waals surface area contributed by atoms with Gasteiger partial charge in [-0.15, -0.1) is 0 Å². The number of methoxy groups -OCH3 is 3. The van der Waals surface area contributed by atoms with Gasteiger partial charge in [0, 0.05) is 24.3 Å². The number of carbonyl (C=O) groups excluding carboxylic acids is 1. The van der Waals surface area contributed by atoms with Crippen LogP contribution < -0.4 is 30.6 Å². The first kappa shape index (κ1) is 22.8. The quantitative estimate of drug-likeness (QED) is 0.447. The van der Waals surface area contributed by atoms with E-state index in [0.29, 0.717) is 28.6 Å². The van der Waals surface area contributed by atoms with E-state index < -0.39 is 0 Å². The zero-order valence-electron chi connectivity index (χ0n) is 18.6. The van der Waals surface area contributed by atoms with Gasteiger partial charge in [-0.2, -0.15) is 0 Å². The summed E-state index contributed by atoms with van der Waals surface area (Å²) >= 11 is 0. The minimum atomic E-state index is 0.598. The van der Waals surface area contributed by atoms with Crippen LogP contribution in [-0.4, -0.2) is 34.2 Å². The molecule has 7 heteroatoms. The molecule has 0 amide bonds. The predicted molar refractivity (Wildman–Crippen MR) is 128 cm³/mol. The van der Waals surface area contributed by atoms with Crippen LogP contribution in [0.1, 0.15) is 21.5 Å². The van der Waals surface area contributed by atoms with Crippen LogP contribution in [0.5, 0.6) is 17.2 Å². The summed E-state index contributed by atoms with van der Waals surface area (Å²) in [6, 6.07) is 17.0. The van der Waals surface area contributed by atoms with Crippen molar-refractivity contribution in [1.82, 2.24) is 0 Å². The lowest BCUT2D eigenvalue weighted by Crippen LogP contribution is -2.19. The number of anilines is 3. The molecule has 0 fully saturated rings. The Bertz CT molecular complexity index is 1040. The van der Waals surface area contributed by atoms with Crippen LogP contribution in [0.25, 0.3) is 0 Å². The standard InChI is InChI=1S/C19H21NO4.C6H8N2/c1-22-17-9-14(10-18(23-2)19(17)24-3)11-20-7-6-15-8-13(12-21)4-5-16(15)20;7-5-3-1-2-4-6(5)8/h4-5,8-10,12H,6-7,11H2,1-3H3;1-4H,7-8H2. The zero-order chi connectivity index (χ0) is 23.1. The van der Waals surface area contributed by atoms with Crippen molar-refractivity contribution in [3.8, 4) is 17.2 Å². The molecule has 3 aromatic rings. The highest BCUT2D eigenvalue weighted by Crippen LogP contribution is 2.39. The third-order valence-electron chi connectivity index (χ3n) is 5.33. The lowest BCUT2D eigenvalue weighted by Gasteiger charge is -2.21. The summed E-state index contributed by atoms with van der Waals surface area (Å²) in [5.41, 5.74) is 16.3. The SMILES string of the molecule is COc1cc(CN2CCc3cc(C=O)ccc32)cc(OC)c1OC.Nc1ccccc1N. The summed E-state index contributed by atoms with van der Waals surface area (Å²) < 4.78 is 16.2. The van der Waals surface area contributed by atoms with Crippen LogP contribution in [0.15, 0.2) is 54.6 Å². The normalized spacial score (nSPS) is 11.8. The number of nitrogens with zero attached hydrogens (tertiary/aromatic N) is 1. The third-order valence-corrected chi connectivity index (χ3v) is 5.33. The first-order chi connectivity index (χ1) is 15.5. The maximum absolute atomic E-state index is 10.9.